The standard InChI is InChI=1S/C20H25N3O4/c1-19(2,3)27-18(24)22-20(4,5)14-10-12-15(13-11-14)21-16-8-6-7-9-17(16)23(25)26/h6-13,21H,1-5H3,(H,22,24). The number of nitrogens with zero attached hydrogens (tertiary/aromatic N) is 1. The fourth-order valence-corrected chi connectivity index (χ4v) is 2.50. The number of ether oxygens (including phenoxy) is 1. The van der Waals surface area contributed by atoms with Crippen LogP contribution in [0, 0.1) is 10.1 Å². The third-order valence-corrected chi connectivity index (χ3v) is 3.80. The van der Waals surface area contributed by atoms with Crippen molar-refractivity contribution in [1.82, 2.24) is 5.32 Å². The topological polar surface area (TPSA) is 93.5 Å². The van der Waals surface area contributed by atoms with E-state index in [1.54, 1.807) is 18.2 Å². The first-order valence-electron chi connectivity index (χ1n) is 8.60. The Hall–Kier alpha value is -3.09. The van der Waals surface area contributed by atoms with Crippen LogP contribution in [0.5, 0.6) is 0 Å². The highest BCUT2D eigenvalue weighted by Gasteiger charge is 2.26. The molecule has 1 amide bonds. The summed E-state index contributed by atoms with van der Waals surface area (Å²) in [4.78, 5) is 22.7. The van der Waals surface area contributed by atoms with Gasteiger partial charge in [-0.3, -0.25) is 10.1 Å². The molecule has 7 heteroatoms. The third kappa shape index (κ3) is 5.70. The van der Waals surface area contributed by atoms with Crippen LogP contribution in [-0.4, -0.2) is 16.6 Å². The monoisotopic (exact) mass is 371 g/mol. The Morgan fingerprint density at radius 2 is 1.59 bits per heavy atom. The summed E-state index contributed by atoms with van der Waals surface area (Å²) in [6, 6.07) is 13.8. The molecular formula is C20H25N3O4. The summed E-state index contributed by atoms with van der Waals surface area (Å²) < 4.78 is 5.31. The molecule has 2 rings (SSSR count). The van der Waals surface area contributed by atoms with Crippen LogP contribution in [-0.2, 0) is 10.3 Å². The van der Waals surface area contributed by atoms with Crippen molar-refractivity contribution in [2.45, 2.75) is 45.8 Å². The van der Waals surface area contributed by atoms with Crippen molar-refractivity contribution in [2.24, 2.45) is 0 Å². The van der Waals surface area contributed by atoms with Crippen LogP contribution in [0.25, 0.3) is 0 Å². The zero-order chi connectivity index (χ0) is 20.2. The van der Waals surface area contributed by atoms with Crippen LogP contribution in [0.2, 0.25) is 0 Å². The molecular weight excluding hydrogens is 346 g/mol. The number of nitro benzene ring substituents is 1. The Labute approximate surface area is 158 Å². The summed E-state index contributed by atoms with van der Waals surface area (Å²) in [5.74, 6) is 0. The van der Waals surface area contributed by atoms with Gasteiger partial charge in [-0.2, -0.15) is 0 Å². The number of anilines is 2. The first-order valence-corrected chi connectivity index (χ1v) is 8.60. The van der Waals surface area contributed by atoms with Crippen molar-refractivity contribution < 1.29 is 14.5 Å². The number of alkyl carbamates (subject to hydrolysis) is 1. The summed E-state index contributed by atoms with van der Waals surface area (Å²) in [6.45, 7) is 9.18. The molecule has 7 nitrogen and oxygen atoms in total. The maximum absolute atomic E-state index is 12.0. The van der Waals surface area contributed by atoms with Gasteiger partial charge in [-0.1, -0.05) is 24.3 Å². The Balaban J connectivity index is 2.13. The molecule has 0 heterocycles. The molecule has 0 saturated heterocycles. The number of rotatable bonds is 5. The number of amides is 1. The number of carbonyl (C=O) groups excluding carboxylic acids is 1. The maximum atomic E-state index is 12.0. The highest BCUT2D eigenvalue weighted by atomic mass is 16.6. The summed E-state index contributed by atoms with van der Waals surface area (Å²) in [6.07, 6.45) is -0.491. The van der Waals surface area contributed by atoms with Gasteiger partial charge in [-0.05, 0) is 58.4 Å². The van der Waals surface area contributed by atoms with E-state index < -0.39 is 22.2 Å². The van der Waals surface area contributed by atoms with Gasteiger partial charge >= 0.3 is 6.09 Å². The highest BCUT2D eigenvalue weighted by Crippen LogP contribution is 2.28. The second-order valence-corrected chi connectivity index (χ2v) is 7.73. The first-order chi connectivity index (χ1) is 12.5. The maximum Gasteiger partial charge on any atom is 0.408 e. The second kappa shape index (κ2) is 7.65. The van der Waals surface area contributed by atoms with E-state index in [1.165, 1.54) is 6.07 Å². The number of hydrogen-bond acceptors (Lipinski definition) is 5. The lowest BCUT2D eigenvalue weighted by atomic mass is 9.94. The van der Waals surface area contributed by atoms with E-state index in [4.69, 9.17) is 4.74 Å². The van der Waals surface area contributed by atoms with Crippen LogP contribution < -0.4 is 10.6 Å². The molecule has 0 radical (unpaired) electrons. The Kier molecular flexibility index (Phi) is 5.73. The lowest BCUT2D eigenvalue weighted by Gasteiger charge is -2.29. The summed E-state index contributed by atoms with van der Waals surface area (Å²) in [5, 5.41) is 17.0. The second-order valence-electron chi connectivity index (χ2n) is 7.73. The van der Waals surface area contributed by atoms with E-state index in [1.807, 2.05) is 58.9 Å². The lowest BCUT2D eigenvalue weighted by molar-refractivity contribution is -0.383. The molecule has 0 bridgehead atoms. The van der Waals surface area contributed by atoms with Gasteiger partial charge in [-0.25, -0.2) is 4.79 Å². The summed E-state index contributed by atoms with van der Waals surface area (Å²) in [7, 11) is 0. The number of carbonyl (C=O) groups is 1. The van der Waals surface area contributed by atoms with Crippen LogP contribution in [0.1, 0.15) is 40.2 Å². The van der Waals surface area contributed by atoms with Crippen molar-refractivity contribution in [1.29, 1.82) is 0 Å². The predicted octanol–water partition coefficient (Wildman–Crippen LogP) is 5.10. The number of benzene rings is 2. The lowest BCUT2D eigenvalue weighted by Crippen LogP contribution is -2.43. The fourth-order valence-electron chi connectivity index (χ4n) is 2.50. The van der Waals surface area contributed by atoms with Crippen LogP contribution >= 0.6 is 0 Å². The molecule has 2 aromatic rings. The molecule has 0 unspecified atom stereocenters. The SMILES string of the molecule is CC(C)(C)OC(=O)NC(C)(C)c1ccc(Nc2ccccc2[N+](=O)[O-])cc1. The van der Waals surface area contributed by atoms with E-state index in [9.17, 15) is 14.9 Å². The average Bonchev–Trinajstić information content (AvgIpc) is 2.53. The van der Waals surface area contributed by atoms with Gasteiger partial charge in [0.05, 0.1) is 10.5 Å². The van der Waals surface area contributed by atoms with E-state index in [2.05, 4.69) is 10.6 Å². The number of nitro groups is 1. The molecule has 0 spiro atoms. The van der Waals surface area contributed by atoms with E-state index in [0.29, 0.717) is 11.4 Å². The van der Waals surface area contributed by atoms with Crippen molar-refractivity contribution in [3.05, 3.63) is 64.2 Å². The predicted molar refractivity (Wildman–Crippen MR) is 105 cm³/mol. The summed E-state index contributed by atoms with van der Waals surface area (Å²) in [5.41, 5.74) is 0.801. The molecule has 0 fully saturated rings. The Morgan fingerprint density at radius 3 is 2.15 bits per heavy atom. The molecule has 144 valence electrons. The molecule has 2 N–H and O–H groups in total. The Bertz CT molecular complexity index is 824. The van der Waals surface area contributed by atoms with Crippen molar-refractivity contribution in [2.75, 3.05) is 5.32 Å². The quantitative estimate of drug-likeness (QED) is 0.563. The van der Waals surface area contributed by atoms with Crippen LogP contribution in [0.4, 0.5) is 21.9 Å². The molecule has 0 saturated carbocycles. The minimum atomic E-state index is -0.639. The minimum Gasteiger partial charge on any atom is -0.444 e. The molecule has 0 aliphatic heterocycles. The van der Waals surface area contributed by atoms with Gasteiger partial charge in [0.25, 0.3) is 5.69 Å². The van der Waals surface area contributed by atoms with Gasteiger partial charge in [0.15, 0.2) is 0 Å². The van der Waals surface area contributed by atoms with E-state index in [0.717, 1.165) is 5.56 Å². The average molecular weight is 371 g/mol. The zero-order valence-electron chi connectivity index (χ0n) is 16.2. The van der Waals surface area contributed by atoms with Gasteiger partial charge in [0, 0.05) is 11.8 Å². The third-order valence-electron chi connectivity index (χ3n) is 3.80. The van der Waals surface area contributed by atoms with E-state index >= 15 is 0 Å². The van der Waals surface area contributed by atoms with Gasteiger partial charge in [0.2, 0.25) is 0 Å². The summed E-state index contributed by atoms with van der Waals surface area (Å²) >= 11 is 0. The van der Waals surface area contributed by atoms with Crippen LogP contribution in [0.15, 0.2) is 48.5 Å². The van der Waals surface area contributed by atoms with Crippen molar-refractivity contribution in [3.8, 4) is 0 Å². The highest BCUT2D eigenvalue weighted by molar-refractivity contribution is 5.70. The van der Waals surface area contributed by atoms with Crippen LogP contribution in [0.3, 0.4) is 0 Å². The number of nitrogens with one attached hydrogen (secondary N) is 2. The molecule has 0 atom stereocenters. The van der Waals surface area contributed by atoms with Gasteiger partial charge in [-0.15, -0.1) is 0 Å². The Morgan fingerprint density at radius 1 is 1.00 bits per heavy atom. The first kappa shape index (κ1) is 20.2. The van der Waals surface area contributed by atoms with Gasteiger partial charge in [0.1, 0.15) is 11.3 Å². The molecule has 0 aliphatic carbocycles. The molecule has 0 aromatic heterocycles. The fraction of sp³-hybridized carbons (Fsp3) is 0.350. The normalized spacial score (nSPS) is 11.6. The van der Waals surface area contributed by atoms with Crippen molar-refractivity contribution in [3.63, 3.8) is 0 Å². The van der Waals surface area contributed by atoms with Gasteiger partial charge < -0.3 is 15.4 Å². The number of hydrogen-bond donors (Lipinski definition) is 2. The molecule has 27 heavy (non-hydrogen) atoms. The van der Waals surface area contributed by atoms with E-state index in [-0.39, 0.29) is 5.69 Å². The van der Waals surface area contributed by atoms with Crippen molar-refractivity contribution >= 4 is 23.2 Å². The number of para-hydroxylation sites is 2. The minimum absolute atomic E-state index is 0.00787. The largest absolute Gasteiger partial charge is 0.444 e. The smallest absolute Gasteiger partial charge is 0.408 e. The zero-order valence-corrected chi connectivity index (χ0v) is 16.2. The molecule has 2 aromatic carbocycles. The molecule has 0 aliphatic rings.